The molecule has 0 aromatic carbocycles. The van der Waals surface area contributed by atoms with Crippen molar-refractivity contribution in [2.75, 3.05) is 0 Å². The van der Waals surface area contributed by atoms with Gasteiger partial charge in [-0.15, -0.1) is 37.2 Å². The summed E-state index contributed by atoms with van der Waals surface area (Å²) < 4.78 is 0. The molecule has 5 heteroatoms. The minimum atomic E-state index is 0. The first kappa shape index (κ1) is 52.8. The summed E-state index contributed by atoms with van der Waals surface area (Å²) in [6.45, 7) is 0. The van der Waals surface area contributed by atoms with Crippen molar-refractivity contribution in [1.29, 1.82) is 0 Å². The number of rotatable bonds is 0. The predicted molar refractivity (Wildman–Crippen MR) is 28.9 cm³/mol. The zero-order chi connectivity index (χ0) is 0. The molecule has 0 aliphatic heterocycles. The second-order valence-electron chi connectivity index (χ2n) is 0. The van der Waals surface area contributed by atoms with Crippen LogP contribution in [0.5, 0.6) is 0 Å². The Morgan fingerprint density at radius 3 is 0.600 bits per heavy atom. The van der Waals surface area contributed by atoms with E-state index in [0.29, 0.717) is 0 Å². The van der Waals surface area contributed by atoms with E-state index >= 15 is 0 Å². The molecule has 0 heterocycles. The molecule has 0 fully saturated rings. The molecule has 0 unspecified atom stereocenters. The molecule has 0 spiro atoms. The maximum atomic E-state index is 0. The van der Waals surface area contributed by atoms with Gasteiger partial charge in [0.2, 0.25) is 0 Å². The Morgan fingerprint density at radius 2 is 0.600 bits per heavy atom. The van der Waals surface area contributed by atoms with E-state index in [4.69, 9.17) is 0 Å². The standard InChI is InChI=1S/3ClH.Fe.Na.H/h3*1H;;;. The molecule has 0 aliphatic carbocycles. The van der Waals surface area contributed by atoms with E-state index in [1.54, 1.807) is 0 Å². The van der Waals surface area contributed by atoms with Gasteiger partial charge in [0.1, 0.15) is 0 Å². The second kappa shape index (κ2) is 32.5. The fraction of sp³-hybridized carbons (Fsp3) is 0. The van der Waals surface area contributed by atoms with Crippen LogP contribution in [0.3, 0.4) is 0 Å². The van der Waals surface area contributed by atoms with Gasteiger partial charge in [0.25, 0.3) is 0 Å². The minimum absolute atomic E-state index is 0. The van der Waals surface area contributed by atoms with Crippen LogP contribution in [0, 0.1) is 0 Å². The summed E-state index contributed by atoms with van der Waals surface area (Å²) in [5, 5.41) is 0. The van der Waals surface area contributed by atoms with Crippen molar-refractivity contribution in [3.8, 4) is 0 Å². The van der Waals surface area contributed by atoms with Crippen LogP contribution in [-0.4, -0.2) is 29.6 Å². The van der Waals surface area contributed by atoms with Crippen LogP contribution >= 0.6 is 37.2 Å². The first-order valence-corrected chi connectivity index (χ1v) is 0. The van der Waals surface area contributed by atoms with Gasteiger partial charge < -0.3 is 0 Å². The predicted octanol–water partition coefficient (Wildman–Crippen LogP) is 0.614. The van der Waals surface area contributed by atoms with Gasteiger partial charge in [-0.25, -0.2) is 0 Å². The summed E-state index contributed by atoms with van der Waals surface area (Å²) in [6.07, 6.45) is 0. The quantitative estimate of drug-likeness (QED) is 0.490. The molecule has 0 saturated carbocycles. The Balaban J connectivity index is 0. The van der Waals surface area contributed by atoms with Crippen molar-refractivity contribution in [2.45, 2.75) is 0 Å². The summed E-state index contributed by atoms with van der Waals surface area (Å²) in [4.78, 5) is 0. The van der Waals surface area contributed by atoms with Gasteiger partial charge >= 0.3 is 29.6 Å². The van der Waals surface area contributed by atoms with E-state index in [9.17, 15) is 0 Å². The van der Waals surface area contributed by atoms with Crippen LogP contribution in [0.2, 0.25) is 0 Å². The van der Waals surface area contributed by atoms with Crippen LogP contribution < -0.4 is 0 Å². The first-order valence-electron chi connectivity index (χ1n) is 0. The summed E-state index contributed by atoms with van der Waals surface area (Å²) in [6, 6.07) is 0. The molecule has 0 radical (unpaired) electrons. The third-order valence-corrected chi connectivity index (χ3v) is 0. The summed E-state index contributed by atoms with van der Waals surface area (Å²) in [5.74, 6) is 0. The molecule has 0 rings (SSSR count). The molecule has 0 saturated heterocycles. The Hall–Kier alpha value is 2.39. The first-order chi connectivity index (χ1) is 0. The molecular weight excluding hydrogens is 185 g/mol. The van der Waals surface area contributed by atoms with E-state index in [1.165, 1.54) is 0 Å². The molecule has 0 bridgehead atoms. The van der Waals surface area contributed by atoms with E-state index in [-0.39, 0.29) is 83.8 Å². The number of halogens is 3. The zero-order valence-electron chi connectivity index (χ0n) is 1.58. The molecular formula is H4Cl3FeNa. The average Bonchev–Trinajstić information content (AvgIpc) is 0. The van der Waals surface area contributed by atoms with Crippen LogP contribution in [-0.2, 0) is 17.1 Å². The van der Waals surface area contributed by atoms with Gasteiger partial charge in [0.05, 0.1) is 0 Å². The third kappa shape index (κ3) is 21.6. The van der Waals surface area contributed by atoms with E-state index in [2.05, 4.69) is 0 Å². The van der Waals surface area contributed by atoms with Crippen molar-refractivity contribution in [1.82, 2.24) is 0 Å². The third-order valence-electron chi connectivity index (χ3n) is 0. The van der Waals surface area contributed by atoms with Crippen LogP contribution in [0.1, 0.15) is 0 Å². The van der Waals surface area contributed by atoms with Gasteiger partial charge in [0, 0.05) is 17.1 Å². The van der Waals surface area contributed by atoms with Crippen LogP contribution in [0.25, 0.3) is 0 Å². The second-order valence-corrected chi connectivity index (χ2v) is 0. The Morgan fingerprint density at radius 1 is 0.600 bits per heavy atom. The van der Waals surface area contributed by atoms with Gasteiger partial charge in [-0.2, -0.15) is 0 Å². The molecule has 0 nitrogen and oxygen atoms in total. The Labute approximate surface area is 82.8 Å². The van der Waals surface area contributed by atoms with E-state index in [0.717, 1.165) is 0 Å². The molecule has 0 aliphatic rings. The number of hydrogen-bond acceptors (Lipinski definition) is 0. The molecule has 0 atom stereocenters. The van der Waals surface area contributed by atoms with Crippen LogP contribution in [0.15, 0.2) is 0 Å². The van der Waals surface area contributed by atoms with Gasteiger partial charge in [-0.1, -0.05) is 0 Å². The van der Waals surface area contributed by atoms with E-state index < -0.39 is 0 Å². The normalized spacial score (nSPS) is 0. The summed E-state index contributed by atoms with van der Waals surface area (Å²) in [5.41, 5.74) is 0. The molecule has 0 aromatic heterocycles. The SMILES string of the molecule is Cl.Cl.Cl.[Fe].[NaH]. The maximum absolute atomic E-state index is 0. The fourth-order valence-corrected chi connectivity index (χ4v) is 0. The van der Waals surface area contributed by atoms with Crippen molar-refractivity contribution in [2.24, 2.45) is 0 Å². The summed E-state index contributed by atoms with van der Waals surface area (Å²) in [7, 11) is 0. The summed E-state index contributed by atoms with van der Waals surface area (Å²) >= 11 is 0. The van der Waals surface area contributed by atoms with E-state index in [1.807, 2.05) is 0 Å². The average molecular weight is 189 g/mol. The monoisotopic (exact) mass is 188 g/mol. The van der Waals surface area contributed by atoms with Gasteiger partial charge in [-0.05, 0) is 0 Å². The van der Waals surface area contributed by atoms with Gasteiger partial charge in [-0.3, -0.25) is 0 Å². The molecule has 0 amide bonds. The number of hydrogen-bond donors (Lipinski definition) is 0. The molecule has 0 N–H and O–H groups in total. The van der Waals surface area contributed by atoms with Crippen molar-refractivity contribution in [3.63, 3.8) is 0 Å². The molecule has 34 valence electrons. The fourth-order valence-electron chi connectivity index (χ4n) is 0. The van der Waals surface area contributed by atoms with Crippen LogP contribution in [0.4, 0.5) is 0 Å². The topological polar surface area (TPSA) is 0 Å². The van der Waals surface area contributed by atoms with Crippen molar-refractivity contribution < 1.29 is 17.1 Å². The van der Waals surface area contributed by atoms with Crippen molar-refractivity contribution in [3.05, 3.63) is 0 Å². The van der Waals surface area contributed by atoms with Gasteiger partial charge in [0.15, 0.2) is 0 Å². The Bertz CT molecular complexity index is 6.85. The molecule has 5 heavy (non-hydrogen) atoms. The zero-order valence-corrected chi connectivity index (χ0v) is 5.13. The van der Waals surface area contributed by atoms with Crippen molar-refractivity contribution >= 4 is 66.8 Å². The Kier molecular flexibility index (Phi) is 343. The molecule has 0 aromatic rings.